The number of carbonyl (C=O) groups is 6. The van der Waals surface area contributed by atoms with Gasteiger partial charge in [0.05, 0.1) is 59.9 Å². The van der Waals surface area contributed by atoms with E-state index in [1.54, 1.807) is 76.2 Å². The second-order valence-electron chi connectivity index (χ2n) is 25.1. The second-order valence-corrected chi connectivity index (χ2v) is 25.1. The highest BCUT2D eigenvalue weighted by Crippen LogP contribution is 2.67. The summed E-state index contributed by atoms with van der Waals surface area (Å²) in [6.07, 6.45) is -9.76. The van der Waals surface area contributed by atoms with Gasteiger partial charge in [-0.1, -0.05) is 84.9 Å². The lowest BCUT2D eigenvalue weighted by atomic mass is 9.42. The van der Waals surface area contributed by atoms with Gasteiger partial charge in [-0.3, -0.25) is 19.2 Å². The topological polar surface area (TPSA) is 279 Å². The molecule has 6 N–H and O–H groups in total. The Kier molecular flexibility index (Phi) is 14.2. The molecule has 2 saturated heterocycles. The van der Waals surface area contributed by atoms with Gasteiger partial charge in [0.2, 0.25) is 0 Å². The Morgan fingerprint density at radius 1 is 0.577 bits per heavy atom. The zero-order valence-corrected chi connectivity index (χ0v) is 46.5. The molecule has 2 unspecified atom stereocenters. The summed E-state index contributed by atoms with van der Waals surface area (Å²) in [6.45, 7) is 19.8. The van der Waals surface area contributed by atoms with Gasteiger partial charge in [-0.05, 0) is 79.7 Å². The van der Waals surface area contributed by atoms with Gasteiger partial charge in [0.15, 0.2) is 17.0 Å². The zero-order valence-electron chi connectivity index (χ0n) is 46.5. The molecule has 424 valence electrons. The van der Waals surface area contributed by atoms with E-state index in [1.165, 1.54) is 32.9 Å². The summed E-state index contributed by atoms with van der Waals surface area (Å²) in [5.74, 6) is -6.68. The van der Waals surface area contributed by atoms with Gasteiger partial charge >= 0.3 is 23.9 Å². The van der Waals surface area contributed by atoms with Crippen LogP contribution in [0.5, 0.6) is 0 Å². The summed E-state index contributed by atoms with van der Waals surface area (Å²) in [4.78, 5) is 81.2. The van der Waals surface area contributed by atoms with Crippen LogP contribution in [0.1, 0.15) is 129 Å². The van der Waals surface area contributed by atoms with Crippen molar-refractivity contribution in [2.45, 2.75) is 180 Å². The van der Waals surface area contributed by atoms with Crippen molar-refractivity contribution in [2.75, 3.05) is 13.2 Å². The minimum Gasteiger partial charge on any atom is -0.455 e. The Hall–Kier alpha value is -5.18. The fraction of sp³-hybridized carbons (Fsp3) is 0.633. The predicted molar refractivity (Wildman–Crippen MR) is 277 cm³/mol. The minimum absolute atomic E-state index is 0.0199. The number of benzene rings is 2. The molecule has 4 saturated carbocycles. The van der Waals surface area contributed by atoms with Gasteiger partial charge in [0, 0.05) is 55.3 Å². The summed E-state index contributed by atoms with van der Waals surface area (Å²) in [6, 6.07) is 16.6. The lowest BCUT2D eigenvalue weighted by molar-refractivity contribution is -0.345. The van der Waals surface area contributed by atoms with Gasteiger partial charge in [0.1, 0.15) is 47.5 Å². The molecule has 0 aromatic heterocycles. The molecule has 78 heavy (non-hydrogen) atoms. The van der Waals surface area contributed by atoms with Crippen LogP contribution in [-0.2, 0) is 47.6 Å². The summed E-state index contributed by atoms with van der Waals surface area (Å²) < 4.78 is 36.0. The number of carbonyl (C=O) groups excluding carboxylic acids is 6. The molecule has 18 atom stereocenters. The number of hydrogen-bond donors (Lipinski definition) is 6. The maximum Gasteiger partial charge on any atom is 0.338 e. The summed E-state index contributed by atoms with van der Waals surface area (Å²) in [5.41, 5.74) is -9.92. The Morgan fingerprint density at radius 2 is 0.974 bits per heavy atom. The molecule has 10 rings (SSSR count). The highest BCUT2D eigenvalue weighted by Gasteiger charge is 2.79. The van der Waals surface area contributed by atoms with Crippen LogP contribution >= 0.6 is 0 Å². The molecular weight excluding hydrogens is 1010 g/mol. The Bertz CT molecular complexity index is 2670. The Morgan fingerprint density at radius 3 is 1.38 bits per heavy atom. The number of aliphatic hydroxyl groups is 6. The molecule has 2 heterocycles. The van der Waals surface area contributed by atoms with Crippen LogP contribution in [0, 0.1) is 45.3 Å². The SMILES string of the molecule is CC(=O)O[C@@]12CO[C@@H]1C[C@H](C)[C@@]1(C)C(=O)[C@H](C)C3=C(C)[C@@H](O)C[C@@](O)([C@@H](OC(=O)c4ccccc4)C12)C3(C)C.CC(=O)O[C@@]12CO[C@@H]1C[C@H](O)[C@@]1(C)C(=O)[C@H](O)C3=C(C)[C@@H](O)C[C@@](O)([C@@H](OC(=O)c4ccccc4)C12)C3(C)C. The molecule has 0 amide bonds. The van der Waals surface area contributed by atoms with Crippen molar-refractivity contribution in [3.63, 3.8) is 0 Å². The van der Waals surface area contributed by atoms with E-state index in [-0.39, 0.29) is 60.9 Å². The maximum atomic E-state index is 14.7. The molecular formula is C60H76O18. The first-order valence-corrected chi connectivity index (χ1v) is 27.1. The quantitative estimate of drug-likeness (QED) is 0.130. The number of Topliss-reactive ketones (excluding diaryl/α,β-unsaturated/α-hetero) is 2. The average Bonchev–Trinajstić information content (AvgIpc) is 3.37. The summed E-state index contributed by atoms with van der Waals surface area (Å²) in [5, 5.41) is 70.8. The van der Waals surface area contributed by atoms with Crippen molar-refractivity contribution in [2.24, 2.45) is 45.3 Å². The van der Waals surface area contributed by atoms with Crippen LogP contribution in [0.4, 0.5) is 0 Å². The van der Waals surface area contributed by atoms with E-state index in [1.807, 2.05) is 34.6 Å². The molecule has 2 aliphatic heterocycles. The largest absolute Gasteiger partial charge is 0.455 e. The normalized spacial score (nSPS) is 42.7. The van der Waals surface area contributed by atoms with Crippen molar-refractivity contribution in [1.29, 1.82) is 0 Å². The molecule has 6 fully saturated rings. The molecule has 18 nitrogen and oxygen atoms in total. The minimum atomic E-state index is -2.07. The molecule has 0 spiro atoms. The fourth-order valence-electron chi connectivity index (χ4n) is 16.1. The molecule has 8 aliphatic rings. The summed E-state index contributed by atoms with van der Waals surface area (Å²) in [7, 11) is 0. The summed E-state index contributed by atoms with van der Waals surface area (Å²) >= 11 is 0. The standard InChI is InChI=1S/C31H40O8.C29H36O10/c1-16-13-22-30(15-37-22,39-19(4)32)24-26(38-27(35)20-11-9-8-10-12-20)31(36)14-21(33)17(2)23(28(31,5)6)18(3)25(34)29(16,24)7;1-14-17(31)12-29(36)24(38-25(35)16-9-7-6-8-10-16)22-27(5,23(34)21(33)20(14)26(29,3)4)18(32)11-19-28(22,13-37-19)39-15(2)30/h8-12,16,18,21-22,24,26,33,36H,13-15H2,1-7H3;6-10,17-19,21-22,24,31-33,36H,11-13H2,1-5H3/t16-,18+,21-,22+,24?,26-,29+,30-,31+;17-,18-,19+,21+,22?,24-,27+,28-,29+/m00/s1. The van der Waals surface area contributed by atoms with Gasteiger partial charge in [0.25, 0.3) is 0 Å². The van der Waals surface area contributed by atoms with Gasteiger partial charge in [-0.15, -0.1) is 0 Å². The highest BCUT2D eigenvalue weighted by atomic mass is 16.6. The van der Waals surface area contributed by atoms with Crippen LogP contribution in [0.25, 0.3) is 0 Å². The monoisotopic (exact) mass is 1080 g/mol. The van der Waals surface area contributed by atoms with E-state index < -0.39 is 140 Å². The third-order valence-corrected chi connectivity index (χ3v) is 20.7. The molecule has 2 aromatic rings. The number of rotatable bonds is 6. The zero-order chi connectivity index (χ0) is 57.4. The van der Waals surface area contributed by atoms with Crippen molar-refractivity contribution in [1.82, 2.24) is 0 Å². The number of aliphatic hydroxyl groups excluding tert-OH is 4. The third kappa shape index (κ3) is 7.92. The van der Waals surface area contributed by atoms with Gasteiger partial charge < -0.3 is 59.1 Å². The number of fused-ring (bicyclic) bond motifs is 10. The van der Waals surface area contributed by atoms with Crippen molar-refractivity contribution in [3.8, 4) is 0 Å². The molecule has 6 aliphatic carbocycles. The van der Waals surface area contributed by atoms with Crippen LogP contribution in [0.2, 0.25) is 0 Å². The Balaban J connectivity index is 0.000000190. The van der Waals surface area contributed by atoms with E-state index >= 15 is 0 Å². The number of hydrogen-bond acceptors (Lipinski definition) is 18. The fourth-order valence-corrected chi connectivity index (χ4v) is 16.1. The van der Waals surface area contributed by atoms with Crippen LogP contribution in [0.15, 0.2) is 83.0 Å². The predicted octanol–water partition coefficient (Wildman–Crippen LogP) is 4.71. The van der Waals surface area contributed by atoms with E-state index in [0.29, 0.717) is 23.1 Å². The van der Waals surface area contributed by atoms with E-state index in [0.717, 1.165) is 0 Å². The van der Waals surface area contributed by atoms with Crippen LogP contribution < -0.4 is 0 Å². The number of ether oxygens (including phenoxy) is 6. The Labute approximate surface area is 454 Å². The van der Waals surface area contributed by atoms with Gasteiger partial charge in [-0.2, -0.15) is 0 Å². The van der Waals surface area contributed by atoms with E-state index in [9.17, 15) is 59.4 Å². The average molecular weight is 1090 g/mol. The first-order chi connectivity index (χ1) is 36.2. The van der Waals surface area contributed by atoms with Crippen LogP contribution in [-0.4, -0.2) is 151 Å². The van der Waals surface area contributed by atoms with Crippen molar-refractivity contribution in [3.05, 3.63) is 94.1 Å². The number of ketones is 2. The van der Waals surface area contributed by atoms with E-state index in [2.05, 4.69) is 0 Å². The maximum absolute atomic E-state index is 14.7. The molecule has 2 aromatic carbocycles. The van der Waals surface area contributed by atoms with Crippen molar-refractivity contribution >= 4 is 35.4 Å². The molecule has 4 bridgehead atoms. The molecule has 0 radical (unpaired) electrons. The van der Waals surface area contributed by atoms with E-state index in [4.69, 9.17) is 28.4 Å². The first kappa shape index (κ1) is 57.5. The smallest absolute Gasteiger partial charge is 0.338 e. The second kappa shape index (κ2) is 19.2. The van der Waals surface area contributed by atoms with Gasteiger partial charge in [-0.25, -0.2) is 9.59 Å². The first-order valence-electron chi connectivity index (χ1n) is 27.1. The van der Waals surface area contributed by atoms with Crippen molar-refractivity contribution < 1.29 is 87.8 Å². The number of esters is 4. The van der Waals surface area contributed by atoms with Crippen LogP contribution in [0.3, 0.4) is 0 Å². The molecule has 18 heteroatoms. The highest BCUT2D eigenvalue weighted by molar-refractivity contribution is 5.95. The lowest BCUT2D eigenvalue weighted by Gasteiger charge is -2.68. The lowest BCUT2D eigenvalue weighted by Crippen LogP contribution is -2.81. The third-order valence-electron chi connectivity index (χ3n) is 20.7.